The maximum Gasteiger partial charge on any atom is 0.356 e. The van der Waals surface area contributed by atoms with Crippen molar-refractivity contribution in [1.29, 1.82) is 0 Å². The smallest absolute Gasteiger partial charge is 0.356 e. The molecule has 0 saturated carbocycles. The molecule has 0 fully saturated rings. The molecule has 0 radical (unpaired) electrons. The zero-order chi connectivity index (χ0) is 13.1. The summed E-state index contributed by atoms with van der Waals surface area (Å²) in [4.78, 5) is 22.7. The van der Waals surface area contributed by atoms with Crippen LogP contribution in [-0.4, -0.2) is 26.0 Å². The first-order chi connectivity index (χ1) is 8.56. The highest BCUT2D eigenvalue weighted by molar-refractivity contribution is 5.85. The molecule has 0 aromatic carbocycles. The van der Waals surface area contributed by atoms with Gasteiger partial charge in [-0.1, -0.05) is 0 Å². The van der Waals surface area contributed by atoms with Crippen molar-refractivity contribution in [2.24, 2.45) is 0 Å². The first-order valence-electron chi connectivity index (χ1n) is 5.33. The highest BCUT2D eigenvalue weighted by atomic mass is 16.4. The number of aromatic nitrogens is 3. The molecule has 6 heteroatoms. The number of carbonyl (C=O) groups is 1. The van der Waals surface area contributed by atoms with Crippen molar-refractivity contribution >= 4 is 17.5 Å². The van der Waals surface area contributed by atoms with Crippen LogP contribution in [0.1, 0.15) is 21.9 Å². The lowest BCUT2D eigenvalue weighted by Crippen LogP contribution is -2.03. The summed E-state index contributed by atoms with van der Waals surface area (Å²) >= 11 is 0. The number of nitrogens with one attached hydrogen (secondary N) is 1. The van der Waals surface area contributed by atoms with Gasteiger partial charge >= 0.3 is 5.97 Å². The second-order valence-electron chi connectivity index (χ2n) is 3.80. The lowest BCUT2D eigenvalue weighted by atomic mass is 10.3. The van der Waals surface area contributed by atoms with Gasteiger partial charge in [-0.15, -0.1) is 0 Å². The van der Waals surface area contributed by atoms with Gasteiger partial charge in [0.15, 0.2) is 5.69 Å². The fourth-order valence-electron chi connectivity index (χ4n) is 1.46. The van der Waals surface area contributed by atoms with Crippen molar-refractivity contribution in [3.63, 3.8) is 0 Å². The molecule has 6 nitrogen and oxygen atoms in total. The number of hydrogen-bond donors (Lipinski definition) is 2. The second kappa shape index (κ2) is 4.79. The molecule has 0 saturated heterocycles. The van der Waals surface area contributed by atoms with Crippen LogP contribution in [0.15, 0.2) is 24.5 Å². The molecule has 0 unspecified atom stereocenters. The molecule has 0 aliphatic carbocycles. The SMILES string of the molecule is Cc1ccc(Nc2cnc(C(=O)O)cn2)c(C)n1. The standard InChI is InChI=1S/C12H12N4O2/c1-7-3-4-9(8(2)15-7)16-11-6-13-10(5-14-11)12(17)18/h3-6H,1-2H3,(H,14,16)(H,17,18). The van der Waals surface area contributed by atoms with Crippen molar-refractivity contribution in [3.05, 3.63) is 41.6 Å². The van der Waals surface area contributed by atoms with Crippen LogP contribution in [0.25, 0.3) is 0 Å². The molecule has 2 heterocycles. The molecule has 2 N–H and O–H groups in total. The Morgan fingerprint density at radius 2 is 2.00 bits per heavy atom. The number of aryl methyl sites for hydroxylation is 2. The zero-order valence-corrected chi connectivity index (χ0v) is 10.0. The summed E-state index contributed by atoms with van der Waals surface area (Å²) in [6, 6.07) is 3.78. The number of anilines is 2. The van der Waals surface area contributed by atoms with E-state index in [2.05, 4.69) is 20.3 Å². The zero-order valence-electron chi connectivity index (χ0n) is 10.0. The predicted octanol–water partition coefficient (Wildman–Crippen LogP) is 1.93. The summed E-state index contributed by atoms with van der Waals surface area (Å²) in [5.41, 5.74) is 2.52. The Bertz CT molecular complexity index is 581. The Hall–Kier alpha value is -2.50. The van der Waals surface area contributed by atoms with Crippen LogP contribution in [-0.2, 0) is 0 Å². The van der Waals surface area contributed by atoms with Crippen LogP contribution in [0, 0.1) is 13.8 Å². The quantitative estimate of drug-likeness (QED) is 0.857. The molecule has 0 atom stereocenters. The molecule has 0 spiro atoms. The second-order valence-corrected chi connectivity index (χ2v) is 3.80. The van der Waals surface area contributed by atoms with E-state index in [9.17, 15) is 4.79 Å². The molecule has 2 rings (SSSR count). The molecule has 2 aromatic rings. The number of pyridine rings is 1. The Balaban J connectivity index is 2.21. The number of carboxylic acid groups (broad SMARTS) is 1. The van der Waals surface area contributed by atoms with Crippen LogP contribution in [0.3, 0.4) is 0 Å². The van der Waals surface area contributed by atoms with Gasteiger partial charge in [-0.25, -0.2) is 14.8 Å². The van der Waals surface area contributed by atoms with Crippen LogP contribution >= 0.6 is 0 Å². The van der Waals surface area contributed by atoms with E-state index in [-0.39, 0.29) is 5.69 Å². The van der Waals surface area contributed by atoms with Crippen LogP contribution in [0.4, 0.5) is 11.5 Å². The van der Waals surface area contributed by atoms with Gasteiger partial charge in [0.25, 0.3) is 0 Å². The van der Waals surface area contributed by atoms with Gasteiger partial charge in [0.1, 0.15) is 5.82 Å². The van der Waals surface area contributed by atoms with Gasteiger partial charge in [-0.3, -0.25) is 4.98 Å². The van der Waals surface area contributed by atoms with Gasteiger partial charge in [0.05, 0.1) is 23.8 Å². The summed E-state index contributed by atoms with van der Waals surface area (Å²) in [5, 5.41) is 11.7. The number of nitrogens with zero attached hydrogens (tertiary/aromatic N) is 3. The summed E-state index contributed by atoms with van der Waals surface area (Å²) in [7, 11) is 0. The largest absolute Gasteiger partial charge is 0.476 e. The summed E-state index contributed by atoms with van der Waals surface area (Å²) in [6.07, 6.45) is 2.59. The lowest BCUT2D eigenvalue weighted by Gasteiger charge is -2.08. The highest BCUT2D eigenvalue weighted by Gasteiger charge is 2.06. The monoisotopic (exact) mass is 244 g/mol. The van der Waals surface area contributed by atoms with Crippen molar-refractivity contribution in [2.45, 2.75) is 13.8 Å². The first kappa shape index (κ1) is 12.0. The Labute approximate surface area is 104 Å². The minimum absolute atomic E-state index is 0.0840. The van der Waals surface area contributed by atoms with Crippen LogP contribution < -0.4 is 5.32 Å². The Kier molecular flexibility index (Phi) is 3.18. The third-order valence-corrected chi connectivity index (χ3v) is 2.36. The van der Waals surface area contributed by atoms with Crippen LogP contribution in [0.5, 0.6) is 0 Å². The van der Waals surface area contributed by atoms with Gasteiger partial charge < -0.3 is 10.4 Å². The number of rotatable bonds is 3. The van der Waals surface area contributed by atoms with Crippen molar-refractivity contribution in [3.8, 4) is 0 Å². The maximum atomic E-state index is 10.6. The molecule has 0 aliphatic rings. The van der Waals surface area contributed by atoms with E-state index in [1.807, 2.05) is 26.0 Å². The minimum atomic E-state index is -1.10. The van der Waals surface area contributed by atoms with E-state index in [1.54, 1.807) is 0 Å². The molecule has 92 valence electrons. The summed E-state index contributed by atoms with van der Waals surface area (Å²) < 4.78 is 0. The predicted molar refractivity (Wildman–Crippen MR) is 66.0 cm³/mol. The third-order valence-electron chi connectivity index (χ3n) is 2.36. The molecule has 0 bridgehead atoms. The van der Waals surface area contributed by atoms with E-state index in [1.165, 1.54) is 12.4 Å². The average Bonchev–Trinajstić information content (AvgIpc) is 2.33. The van der Waals surface area contributed by atoms with E-state index in [0.29, 0.717) is 5.82 Å². The minimum Gasteiger partial charge on any atom is -0.476 e. The van der Waals surface area contributed by atoms with Gasteiger partial charge in [0, 0.05) is 5.69 Å². The summed E-state index contributed by atoms with van der Waals surface area (Å²) in [5.74, 6) is -0.615. The average molecular weight is 244 g/mol. The van der Waals surface area contributed by atoms with Crippen LogP contribution in [0.2, 0.25) is 0 Å². The highest BCUT2D eigenvalue weighted by Crippen LogP contribution is 2.17. The van der Waals surface area contributed by atoms with Crippen molar-refractivity contribution in [2.75, 3.05) is 5.32 Å². The molecular weight excluding hydrogens is 232 g/mol. The topological polar surface area (TPSA) is 88.0 Å². The van der Waals surface area contributed by atoms with E-state index in [4.69, 9.17) is 5.11 Å². The third kappa shape index (κ3) is 2.60. The normalized spacial score (nSPS) is 10.1. The van der Waals surface area contributed by atoms with Crippen molar-refractivity contribution in [1.82, 2.24) is 15.0 Å². The molecule has 0 aliphatic heterocycles. The van der Waals surface area contributed by atoms with Gasteiger partial charge in [-0.2, -0.15) is 0 Å². The molecule has 0 amide bonds. The lowest BCUT2D eigenvalue weighted by molar-refractivity contribution is 0.0690. The number of carboxylic acids is 1. The Morgan fingerprint density at radius 1 is 1.22 bits per heavy atom. The summed E-state index contributed by atoms with van der Waals surface area (Å²) in [6.45, 7) is 3.80. The Morgan fingerprint density at radius 3 is 2.56 bits per heavy atom. The molecule has 2 aromatic heterocycles. The first-order valence-corrected chi connectivity index (χ1v) is 5.33. The fourth-order valence-corrected chi connectivity index (χ4v) is 1.46. The molecule has 18 heavy (non-hydrogen) atoms. The van der Waals surface area contributed by atoms with E-state index >= 15 is 0 Å². The van der Waals surface area contributed by atoms with E-state index < -0.39 is 5.97 Å². The number of aromatic carboxylic acids is 1. The van der Waals surface area contributed by atoms with Gasteiger partial charge in [-0.05, 0) is 26.0 Å². The molecular formula is C12H12N4O2. The fraction of sp³-hybridized carbons (Fsp3) is 0.167. The van der Waals surface area contributed by atoms with Crippen molar-refractivity contribution < 1.29 is 9.90 Å². The van der Waals surface area contributed by atoms with Gasteiger partial charge in [0.2, 0.25) is 0 Å². The van der Waals surface area contributed by atoms with E-state index in [0.717, 1.165) is 17.1 Å². The maximum absolute atomic E-state index is 10.6. The number of hydrogen-bond acceptors (Lipinski definition) is 5.